The molecule has 0 radical (unpaired) electrons. The number of hydrogen-bond acceptors (Lipinski definition) is 4. The van der Waals surface area contributed by atoms with E-state index < -0.39 is 18.2 Å². The molecule has 1 aliphatic carbocycles. The zero-order valence-corrected chi connectivity index (χ0v) is 16.2. The number of fused-ring (bicyclic) bond motifs is 3. The van der Waals surface area contributed by atoms with Gasteiger partial charge in [0.25, 0.3) is 0 Å². The van der Waals surface area contributed by atoms with Crippen molar-refractivity contribution in [1.29, 1.82) is 0 Å². The van der Waals surface area contributed by atoms with Gasteiger partial charge in [-0.2, -0.15) is 0 Å². The maximum atomic E-state index is 12.7. The van der Waals surface area contributed by atoms with Gasteiger partial charge in [0.05, 0.1) is 18.6 Å². The fraction of sp³-hybridized carbons (Fsp3) is 0.391. The van der Waals surface area contributed by atoms with Crippen molar-refractivity contribution in [3.05, 3.63) is 59.7 Å². The van der Waals surface area contributed by atoms with Crippen LogP contribution in [0.5, 0.6) is 0 Å². The van der Waals surface area contributed by atoms with Crippen molar-refractivity contribution in [2.75, 3.05) is 6.61 Å². The molecule has 1 N–H and O–H groups in total. The van der Waals surface area contributed by atoms with Gasteiger partial charge >= 0.3 is 6.09 Å². The highest BCUT2D eigenvalue weighted by Gasteiger charge is 2.44. The summed E-state index contributed by atoms with van der Waals surface area (Å²) in [7, 11) is 0. The van der Waals surface area contributed by atoms with E-state index >= 15 is 0 Å². The summed E-state index contributed by atoms with van der Waals surface area (Å²) in [5, 5.41) is 10.2. The quantitative estimate of drug-likeness (QED) is 0.874. The molecular weight excluding hydrogens is 354 g/mol. The van der Waals surface area contributed by atoms with E-state index in [1.54, 1.807) is 0 Å². The summed E-state index contributed by atoms with van der Waals surface area (Å²) < 4.78 is 5.61. The number of amides is 2. The third kappa shape index (κ3) is 3.20. The molecule has 0 bridgehead atoms. The number of nitrogens with zero attached hydrogens (tertiary/aromatic N) is 1. The van der Waals surface area contributed by atoms with Crippen LogP contribution in [0.25, 0.3) is 11.1 Å². The van der Waals surface area contributed by atoms with Crippen molar-refractivity contribution >= 4 is 12.0 Å². The highest BCUT2D eigenvalue weighted by molar-refractivity contribution is 5.94. The molecule has 0 spiro atoms. The van der Waals surface area contributed by atoms with Gasteiger partial charge in [-0.3, -0.25) is 4.79 Å². The topological polar surface area (TPSA) is 66.8 Å². The van der Waals surface area contributed by atoms with Crippen LogP contribution in [-0.2, 0) is 9.53 Å². The summed E-state index contributed by atoms with van der Waals surface area (Å²) in [6, 6.07) is 15.7. The minimum absolute atomic E-state index is 0.0262. The zero-order valence-electron chi connectivity index (χ0n) is 16.2. The highest BCUT2D eigenvalue weighted by atomic mass is 16.6. The predicted octanol–water partition coefficient (Wildman–Crippen LogP) is 3.94. The van der Waals surface area contributed by atoms with Gasteiger partial charge in [-0.25, -0.2) is 9.69 Å². The largest absolute Gasteiger partial charge is 0.448 e. The smallest absolute Gasteiger partial charge is 0.416 e. The molecule has 146 valence electrons. The summed E-state index contributed by atoms with van der Waals surface area (Å²) in [6.07, 6.45) is -0.942. The lowest BCUT2D eigenvalue weighted by molar-refractivity contribution is -0.127. The Hall–Kier alpha value is -2.66. The monoisotopic (exact) mass is 379 g/mol. The molecule has 1 heterocycles. The highest BCUT2D eigenvalue weighted by Crippen LogP contribution is 2.44. The van der Waals surface area contributed by atoms with Crippen LogP contribution in [0.4, 0.5) is 4.79 Å². The Labute approximate surface area is 164 Å². The van der Waals surface area contributed by atoms with E-state index in [1.165, 1.54) is 0 Å². The number of hydrogen-bond donors (Lipinski definition) is 1. The summed E-state index contributed by atoms with van der Waals surface area (Å²) >= 11 is 0. The number of rotatable bonds is 4. The molecule has 5 heteroatoms. The summed E-state index contributed by atoms with van der Waals surface area (Å²) in [5.41, 5.74) is 4.57. The number of imide groups is 1. The van der Waals surface area contributed by atoms with Crippen molar-refractivity contribution in [2.45, 2.75) is 44.8 Å². The second-order valence-electron chi connectivity index (χ2n) is 8.04. The fourth-order valence-electron chi connectivity index (χ4n) is 4.42. The van der Waals surface area contributed by atoms with E-state index in [0.29, 0.717) is 6.42 Å². The Kier molecular flexibility index (Phi) is 4.94. The van der Waals surface area contributed by atoms with E-state index in [2.05, 4.69) is 24.3 Å². The molecule has 2 aromatic carbocycles. The van der Waals surface area contributed by atoms with Gasteiger partial charge in [0.2, 0.25) is 5.91 Å². The molecule has 5 nitrogen and oxygen atoms in total. The lowest BCUT2D eigenvalue weighted by Gasteiger charge is -2.26. The first kappa shape index (κ1) is 18.7. The number of carbonyl (C=O) groups excluding carboxylic acids is 2. The number of aliphatic hydroxyl groups is 1. The molecule has 2 aromatic rings. The van der Waals surface area contributed by atoms with Crippen molar-refractivity contribution in [3.63, 3.8) is 0 Å². The zero-order chi connectivity index (χ0) is 19.8. The average molecular weight is 379 g/mol. The normalized spacial score (nSPS) is 21.1. The van der Waals surface area contributed by atoms with Crippen molar-refractivity contribution < 1.29 is 19.4 Å². The predicted molar refractivity (Wildman–Crippen MR) is 106 cm³/mol. The van der Waals surface area contributed by atoms with Gasteiger partial charge in [0.1, 0.15) is 6.61 Å². The van der Waals surface area contributed by atoms with Gasteiger partial charge in [0, 0.05) is 5.92 Å². The molecule has 2 aliphatic rings. The van der Waals surface area contributed by atoms with Gasteiger partial charge in [-0.1, -0.05) is 62.4 Å². The van der Waals surface area contributed by atoms with Crippen LogP contribution in [0.15, 0.2) is 48.5 Å². The SMILES string of the molecule is CC(C)C[C@H]1[C@@H](O)CC(=O)N1C(=O)OCC1c2ccccc2-c2ccccc21. The minimum Gasteiger partial charge on any atom is -0.448 e. The second kappa shape index (κ2) is 7.40. The van der Waals surface area contributed by atoms with Gasteiger partial charge < -0.3 is 9.84 Å². The van der Waals surface area contributed by atoms with Gasteiger partial charge in [0.15, 0.2) is 0 Å². The maximum absolute atomic E-state index is 12.7. The lowest BCUT2D eigenvalue weighted by Crippen LogP contribution is -2.43. The van der Waals surface area contributed by atoms with Gasteiger partial charge in [-0.15, -0.1) is 0 Å². The Bertz CT molecular complexity index is 861. The number of carbonyl (C=O) groups is 2. The van der Waals surface area contributed by atoms with Crippen molar-refractivity contribution in [2.24, 2.45) is 5.92 Å². The lowest BCUT2D eigenvalue weighted by atomic mass is 9.98. The molecule has 1 aliphatic heterocycles. The van der Waals surface area contributed by atoms with Crippen LogP contribution in [0.3, 0.4) is 0 Å². The Balaban J connectivity index is 1.53. The molecule has 4 rings (SSSR count). The molecule has 0 unspecified atom stereocenters. The summed E-state index contributed by atoms with van der Waals surface area (Å²) in [4.78, 5) is 26.1. The van der Waals surface area contributed by atoms with Crippen LogP contribution in [0, 0.1) is 5.92 Å². The second-order valence-corrected chi connectivity index (χ2v) is 8.04. The van der Waals surface area contributed by atoms with E-state index in [0.717, 1.165) is 27.2 Å². The first-order valence-corrected chi connectivity index (χ1v) is 9.82. The van der Waals surface area contributed by atoms with E-state index in [4.69, 9.17) is 4.74 Å². The Morgan fingerprint density at radius 2 is 1.68 bits per heavy atom. The molecule has 28 heavy (non-hydrogen) atoms. The Morgan fingerprint density at radius 3 is 2.25 bits per heavy atom. The molecule has 0 saturated carbocycles. The third-order valence-corrected chi connectivity index (χ3v) is 5.67. The number of likely N-dealkylation sites (tertiary alicyclic amines) is 1. The molecule has 2 amide bonds. The molecule has 1 fully saturated rings. The van der Waals surface area contributed by atoms with Crippen LogP contribution in [0.2, 0.25) is 0 Å². The van der Waals surface area contributed by atoms with E-state index in [9.17, 15) is 14.7 Å². The van der Waals surface area contributed by atoms with Crippen LogP contribution >= 0.6 is 0 Å². The van der Waals surface area contributed by atoms with Gasteiger partial charge in [-0.05, 0) is 34.6 Å². The van der Waals surface area contributed by atoms with E-state index in [1.807, 2.05) is 38.1 Å². The number of aliphatic hydroxyl groups excluding tert-OH is 1. The average Bonchev–Trinajstić information content (AvgIpc) is 3.13. The molecular formula is C23H25NO4. The Morgan fingerprint density at radius 1 is 1.11 bits per heavy atom. The molecule has 1 saturated heterocycles. The van der Waals surface area contributed by atoms with Crippen LogP contribution < -0.4 is 0 Å². The number of benzene rings is 2. The fourth-order valence-corrected chi connectivity index (χ4v) is 4.42. The van der Waals surface area contributed by atoms with E-state index in [-0.39, 0.29) is 30.8 Å². The first-order valence-electron chi connectivity index (χ1n) is 9.82. The maximum Gasteiger partial charge on any atom is 0.416 e. The summed E-state index contributed by atoms with van der Waals surface area (Å²) in [6.45, 7) is 4.18. The van der Waals surface area contributed by atoms with Crippen molar-refractivity contribution in [1.82, 2.24) is 4.90 Å². The molecule has 2 atom stereocenters. The first-order chi connectivity index (χ1) is 13.5. The third-order valence-electron chi connectivity index (χ3n) is 5.67. The minimum atomic E-state index is -0.824. The van der Waals surface area contributed by atoms with Crippen molar-refractivity contribution in [3.8, 4) is 11.1 Å². The van der Waals surface area contributed by atoms with Crippen LogP contribution in [0.1, 0.15) is 43.7 Å². The summed E-state index contributed by atoms with van der Waals surface area (Å²) in [5.74, 6) is -0.160. The standard InChI is InChI=1S/C23H25NO4/c1-14(2)11-20-21(25)12-22(26)24(20)23(27)28-13-19-17-9-5-3-7-15(17)16-8-4-6-10-18(16)19/h3-10,14,19-21,25H,11-13H2,1-2H3/t20-,21-/m0/s1. The molecule has 0 aromatic heterocycles. The number of ether oxygens (including phenoxy) is 1. The van der Waals surface area contributed by atoms with Crippen LogP contribution in [-0.4, -0.2) is 40.8 Å².